The second kappa shape index (κ2) is 6.45. The number of nitrogens with zero attached hydrogens (tertiary/aromatic N) is 2. The molecule has 0 aliphatic carbocycles. The van der Waals surface area contributed by atoms with Crippen molar-refractivity contribution in [2.75, 3.05) is 0 Å². The first-order chi connectivity index (χ1) is 11.6. The number of aromatic nitrogens is 2. The van der Waals surface area contributed by atoms with Crippen molar-refractivity contribution in [2.24, 2.45) is 0 Å². The summed E-state index contributed by atoms with van der Waals surface area (Å²) in [6, 6.07) is 15.3. The van der Waals surface area contributed by atoms with Crippen molar-refractivity contribution in [1.29, 1.82) is 0 Å². The van der Waals surface area contributed by atoms with E-state index in [1.165, 1.54) is 0 Å². The van der Waals surface area contributed by atoms with E-state index < -0.39 is 11.5 Å². The number of benzene rings is 2. The van der Waals surface area contributed by atoms with E-state index in [2.05, 4.69) is 5.10 Å². The number of carboxylic acid groups (broad SMARTS) is 1. The van der Waals surface area contributed by atoms with Crippen LogP contribution >= 0.6 is 0 Å². The molecule has 0 bridgehead atoms. The molecule has 3 rings (SSSR count). The fourth-order valence-electron chi connectivity index (χ4n) is 2.54. The Kier molecular flexibility index (Phi) is 4.20. The van der Waals surface area contributed by atoms with E-state index in [4.69, 9.17) is 5.11 Å². The molecule has 6 heteroatoms. The van der Waals surface area contributed by atoms with E-state index >= 15 is 0 Å². The van der Waals surface area contributed by atoms with Gasteiger partial charge in [-0.2, -0.15) is 5.10 Å². The highest BCUT2D eigenvalue weighted by molar-refractivity contribution is 5.96. The molecule has 0 radical (unpaired) electrons. The lowest BCUT2D eigenvalue weighted by Crippen LogP contribution is -2.28. The van der Waals surface area contributed by atoms with Crippen LogP contribution in [0.4, 0.5) is 0 Å². The first-order valence-corrected chi connectivity index (χ1v) is 7.35. The Hall–Kier alpha value is -3.28. The smallest absolute Gasteiger partial charge is 0.309 e. The summed E-state index contributed by atoms with van der Waals surface area (Å²) in [5.41, 5.74) is 0.321. The van der Waals surface area contributed by atoms with Crippen molar-refractivity contribution >= 4 is 22.5 Å². The molecule has 0 saturated carbocycles. The second-order valence-corrected chi connectivity index (χ2v) is 5.31. The fourth-order valence-corrected chi connectivity index (χ4v) is 2.54. The van der Waals surface area contributed by atoms with Gasteiger partial charge in [0.15, 0.2) is 5.78 Å². The van der Waals surface area contributed by atoms with Crippen LogP contribution in [-0.2, 0) is 17.8 Å². The van der Waals surface area contributed by atoms with Crippen molar-refractivity contribution in [3.63, 3.8) is 0 Å². The summed E-state index contributed by atoms with van der Waals surface area (Å²) >= 11 is 0. The van der Waals surface area contributed by atoms with Crippen LogP contribution < -0.4 is 5.56 Å². The van der Waals surface area contributed by atoms with Crippen LogP contribution in [0, 0.1) is 0 Å². The third-order valence-corrected chi connectivity index (χ3v) is 3.65. The molecule has 3 aromatic rings. The topological polar surface area (TPSA) is 89.3 Å². The van der Waals surface area contributed by atoms with Gasteiger partial charge >= 0.3 is 5.97 Å². The van der Waals surface area contributed by atoms with E-state index in [1.54, 1.807) is 54.6 Å². The predicted molar refractivity (Wildman–Crippen MR) is 88.1 cm³/mol. The minimum atomic E-state index is -1.05. The van der Waals surface area contributed by atoms with Crippen LogP contribution in [0.2, 0.25) is 0 Å². The SMILES string of the molecule is O=C(O)Cc1nn(CC(=O)c2ccccc2)c(=O)c2ccccc12. The summed E-state index contributed by atoms with van der Waals surface area (Å²) < 4.78 is 1.04. The summed E-state index contributed by atoms with van der Waals surface area (Å²) in [4.78, 5) is 35.9. The second-order valence-electron chi connectivity index (χ2n) is 5.31. The monoisotopic (exact) mass is 322 g/mol. The molecule has 0 atom stereocenters. The van der Waals surface area contributed by atoms with E-state index in [0.29, 0.717) is 16.3 Å². The lowest BCUT2D eigenvalue weighted by Gasteiger charge is -2.09. The van der Waals surface area contributed by atoms with Gasteiger partial charge in [-0.25, -0.2) is 4.68 Å². The molecule has 0 amide bonds. The van der Waals surface area contributed by atoms with Gasteiger partial charge < -0.3 is 5.11 Å². The zero-order chi connectivity index (χ0) is 17.1. The number of carbonyl (C=O) groups excluding carboxylic acids is 1. The Morgan fingerprint density at radius 2 is 1.58 bits per heavy atom. The van der Waals surface area contributed by atoms with Crippen LogP contribution in [-0.4, -0.2) is 26.6 Å². The Labute approximate surface area is 137 Å². The number of hydrogen-bond acceptors (Lipinski definition) is 4. The summed E-state index contributed by atoms with van der Waals surface area (Å²) in [6.07, 6.45) is -0.319. The molecule has 1 heterocycles. The minimum absolute atomic E-state index is 0.236. The van der Waals surface area contributed by atoms with Crippen molar-refractivity contribution in [1.82, 2.24) is 9.78 Å². The molecule has 6 nitrogen and oxygen atoms in total. The molecule has 0 aliphatic heterocycles. The van der Waals surface area contributed by atoms with Gasteiger partial charge in [-0.15, -0.1) is 0 Å². The van der Waals surface area contributed by atoms with E-state index in [0.717, 1.165) is 4.68 Å². The zero-order valence-corrected chi connectivity index (χ0v) is 12.7. The van der Waals surface area contributed by atoms with Gasteiger partial charge in [0, 0.05) is 10.9 Å². The Morgan fingerprint density at radius 1 is 0.958 bits per heavy atom. The zero-order valence-electron chi connectivity index (χ0n) is 12.7. The molecule has 0 aliphatic rings. The molecule has 0 saturated heterocycles. The minimum Gasteiger partial charge on any atom is -0.481 e. The van der Waals surface area contributed by atoms with Crippen molar-refractivity contribution in [3.8, 4) is 0 Å². The molecule has 0 fully saturated rings. The number of carboxylic acids is 1. The first kappa shape index (κ1) is 15.6. The van der Waals surface area contributed by atoms with Crippen LogP contribution in [0.25, 0.3) is 10.8 Å². The van der Waals surface area contributed by atoms with Gasteiger partial charge in [-0.05, 0) is 6.07 Å². The summed E-state index contributed by atoms with van der Waals surface area (Å²) in [5.74, 6) is -1.31. The van der Waals surface area contributed by atoms with E-state index in [-0.39, 0.29) is 24.4 Å². The molecule has 1 aromatic heterocycles. The molecular weight excluding hydrogens is 308 g/mol. The summed E-state index contributed by atoms with van der Waals surface area (Å²) in [5, 5.41) is 14.0. The number of carbonyl (C=O) groups is 2. The number of Topliss-reactive ketones (excluding diaryl/α,β-unsaturated/α-hetero) is 1. The van der Waals surface area contributed by atoms with Crippen LogP contribution in [0.15, 0.2) is 59.4 Å². The fraction of sp³-hybridized carbons (Fsp3) is 0.111. The van der Waals surface area contributed by atoms with Crippen LogP contribution in [0.3, 0.4) is 0 Å². The molecule has 120 valence electrons. The number of rotatable bonds is 5. The third kappa shape index (κ3) is 3.08. The van der Waals surface area contributed by atoms with Gasteiger partial charge in [-0.1, -0.05) is 48.5 Å². The number of fused-ring (bicyclic) bond motifs is 1. The lowest BCUT2D eigenvalue weighted by molar-refractivity contribution is -0.136. The van der Waals surface area contributed by atoms with E-state index in [9.17, 15) is 14.4 Å². The quantitative estimate of drug-likeness (QED) is 0.725. The molecule has 1 N–H and O–H groups in total. The average Bonchev–Trinajstić information content (AvgIpc) is 2.59. The standard InChI is InChI=1S/C18H14N2O4/c21-16(12-6-2-1-3-7-12)11-20-18(24)14-9-5-4-8-13(14)15(19-20)10-17(22)23/h1-9H,10-11H2,(H,22,23). The van der Waals surface area contributed by atoms with Crippen molar-refractivity contribution in [3.05, 3.63) is 76.2 Å². The van der Waals surface area contributed by atoms with Crippen molar-refractivity contribution < 1.29 is 14.7 Å². The normalized spacial score (nSPS) is 10.7. The number of ketones is 1. The van der Waals surface area contributed by atoms with Gasteiger partial charge in [0.05, 0.1) is 17.5 Å². The predicted octanol–water partition coefficient (Wildman–Crippen LogP) is 1.91. The molecular formula is C18H14N2O4. The van der Waals surface area contributed by atoms with Gasteiger partial charge in [0.25, 0.3) is 5.56 Å². The summed E-state index contributed by atoms with van der Waals surface area (Å²) in [7, 11) is 0. The highest BCUT2D eigenvalue weighted by atomic mass is 16.4. The molecule has 0 spiro atoms. The van der Waals surface area contributed by atoms with Crippen molar-refractivity contribution in [2.45, 2.75) is 13.0 Å². The molecule has 0 unspecified atom stereocenters. The molecule has 2 aromatic carbocycles. The van der Waals surface area contributed by atoms with Gasteiger partial charge in [0.1, 0.15) is 6.54 Å². The van der Waals surface area contributed by atoms with Gasteiger partial charge in [0.2, 0.25) is 0 Å². The Morgan fingerprint density at radius 3 is 2.25 bits per heavy atom. The van der Waals surface area contributed by atoms with Gasteiger partial charge in [-0.3, -0.25) is 14.4 Å². The van der Waals surface area contributed by atoms with E-state index in [1.807, 2.05) is 0 Å². The maximum Gasteiger partial charge on any atom is 0.309 e. The lowest BCUT2D eigenvalue weighted by atomic mass is 10.1. The third-order valence-electron chi connectivity index (χ3n) is 3.65. The Bertz CT molecular complexity index is 977. The highest BCUT2D eigenvalue weighted by Crippen LogP contribution is 2.14. The summed E-state index contributed by atoms with van der Waals surface area (Å²) in [6.45, 7) is -0.236. The first-order valence-electron chi connectivity index (χ1n) is 7.35. The Balaban J connectivity index is 2.08. The maximum atomic E-state index is 12.5. The van der Waals surface area contributed by atoms with Crippen LogP contribution in [0.1, 0.15) is 16.1 Å². The number of aliphatic carboxylic acids is 1. The molecule has 24 heavy (non-hydrogen) atoms. The largest absolute Gasteiger partial charge is 0.481 e. The number of hydrogen-bond donors (Lipinski definition) is 1. The van der Waals surface area contributed by atoms with Crippen LogP contribution in [0.5, 0.6) is 0 Å². The maximum absolute atomic E-state index is 12.5. The average molecular weight is 322 g/mol. The highest BCUT2D eigenvalue weighted by Gasteiger charge is 2.15.